The van der Waals surface area contributed by atoms with E-state index in [-0.39, 0.29) is 11.8 Å². The Kier molecular flexibility index (Phi) is 8.33. The molecule has 0 saturated carbocycles. The van der Waals surface area contributed by atoms with Crippen LogP contribution in [0.5, 0.6) is 34.5 Å². The Morgan fingerprint density at radius 1 is 0.800 bits per heavy atom. The van der Waals surface area contributed by atoms with E-state index in [0.717, 1.165) is 16.9 Å². The molecule has 0 spiro atoms. The molecule has 1 atom stereocenters. The Labute approximate surface area is 259 Å². The van der Waals surface area contributed by atoms with Gasteiger partial charge in [0.15, 0.2) is 23.0 Å². The Bertz CT molecular complexity index is 1920. The highest BCUT2D eigenvalue weighted by molar-refractivity contribution is 5.90. The molecule has 0 aliphatic carbocycles. The number of ether oxygens (including phenoxy) is 6. The molecule has 0 amide bonds. The zero-order valence-corrected chi connectivity index (χ0v) is 25.4. The predicted molar refractivity (Wildman–Crippen MR) is 168 cm³/mol. The molecular formula is C36H32O9. The molecule has 0 N–H and O–H groups in total. The van der Waals surface area contributed by atoms with Crippen LogP contribution < -0.4 is 33.8 Å². The van der Waals surface area contributed by atoms with Gasteiger partial charge in [-0.3, -0.25) is 9.59 Å². The third kappa shape index (κ3) is 5.64. The SMILES string of the molecule is COc1ccc(CCOc2c(OC)cccc2C2CC(=O)Oc3ccc4c(=O)c(-c5ccc(OC)c(OC)c5)coc4c32)cc1. The minimum atomic E-state index is -0.522. The first-order chi connectivity index (χ1) is 21.9. The van der Waals surface area contributed by atoms with Crippen molar-refractivity contribution in [2.24, 2.45) is 0 Å². The lowest BCUT2D eigenvalue weighted by Crippen LogP contribution is -2.22. The van der Waals surface area contributed by atoms with Crippen LogP contribution in [0, 0.1) is 0 Å². The molecule has 0 radical (unpaired) electrons. The predicted octanol–water partition coefficient (Wildman–Crippen LogP) is 6.56. The smallest absolute Gasteiger partial charge is 0.312 e. The van der Waals surface area contributed by atoms with Crippen LogP contribution in [0.15, 0.2) is 88.3 Å². The number of esters is 1. The molecule has 230 valence electrons. The summed E-state index contributed by atoms with van der Waals surface area (Å²) in [4.78, 5) is 26.7. The van der Waals surface area contributed by atoms with Crippen molar-refractivity contribution in [1.29, 1.82) is 0 Å². The Hall–Kier alpha value is -5.44. The van der Waals surface area contributed by atoms with E-state index < -0.39 is 11.9 Å². The number of methoxy groups -OCH3 is 4. The molecule has 6 rings (SSSR count). The number of carbonyl (C=O) groups excluding carboxylic acids is 1. The van der Waals surface area contributed by atoms with Crippen LogP contribution in [0.3, 0.4) is 0 Å². The van der Waals surface area contributed by atoms with Crippen molar-refractivity contribution < 1.29 is 37.6 Å². The second-order valence-electron chi connectivity index (χ2n) is 10.5. The quantitative estimate of drug-likeness (QED) is 0.129. The first kappa shape index (κ1) is 29.6. The third-order valence-corrected chi connectivity index (χ3v) is 7.98. The summed E-state index contributed by atoms with van der Waals surface area (Å²) in [6.07, 6.45) is 2.09. The van der Waals surface area contributed by atoms with Crippen molar-refractivity contribution in [2.75, 3.05) is 35.0 Å². The zero-order chi connectivity index (χ0) is 31.5. The number of hydrogen-bond donors (Lipinski definition) is 0. The van der Waals surface area contributed by atoms with Crippen LogP contribution in [-0.2, 0) is 11.2 Å². The third-order valence-electron chi connectivity index (χ3n) is 7.98. The summed E-state index contributed by atoms with van der Waals surface area (Å²) < 4.78 is 39.9. The maximum Gasteiger partial charge on any atom is 0.312 e. The van der Waals surface area contributed by atoms with E-state index in [4.69, 9.17) is 32.8 Å². The summed E-state index contributed by atoms with van der Waals surface area (Å²) >= 11 is 0. The number of fused-ring (bicyclic) bond motifs is 3. The molecule has 1 aliphatic rings. The topological polar surface area (TPSA) is 103 Å². The van der Waals surface area contributed by atoms with Crippen molar-refractivity contribution in [1.82, 2.24) is 0 Å². The Morgan fingerprint density at radius 2 is 1.58 bits per heavy atom. The van der Waals surface area contributed by atoms with Gasteiger partial charge in [-0.1, -0.05) is 30.3 Å². The van der Waals surface area contributed by atoms with Crippen molar-refractivity contribution in [3.05, 3.63) is 106 Å². The largest absolute Gasteiger partial charge is 0.497 e. The first-order valence-electron chi connectivity index (χ1n) is 14.4. The van der Waals surface area contributed by atoms with Crippen molar-refractivity contribution in [3.63, 3.8) is 0 Å². The normalized spacial score (nSPS) is 14.0. The molecule has 1 unspecified atom stereocenters. The second-order valence-corrected chi connectivity index (χ2v) is 10.5. The molecule has 4 aromatic carbocycles. The lowest BCUT2D eigenvalue weighted by atomic mass is 9.84. The van der Waals surface area contributed by atoms with Gasteiger partial charge in [0.25, 0.3) is 0 Å². The molecule has 5 aromatic rings. The number of rotatable bonds is 10. The Balaban J connectivity index is 1.41. The lowest BCUT2D eigenvalue weighted by Gasteiger charge is -2.27. The van der Waals surface area contributed by atoms with E-state index >= 15 is 0 Å². The second kappa shape index (κ2) is 12.7. The monoisotopic (exact) mass is 608 g/mol. The van der Waals surface area contributed by atoms with E-state index in [9.17, 15) is 9.59 Å². The van der Waals surface area contributed by atoms with Crippen LogP contribution in [0.25, 0.3) is 22.1 Å². The Morgan fingerprint density at radius 3 is 2.31 bits per heavy atom. The minimum absolute atomic E-state index is 0.0231. The number of hydrogen-bond acceptors (Lipinski definition) is 9. The molecule has 45 heavy (non-hydrogen) atoms. The molecular weight excluding hydrogens is 576 g/mol. The van der Waals surface area contributed by atoms with Gasteiger partial charge < -0.3 is 32.8 Å². The maximum absolute atomic E-state index is 13.9. The average molecular weight is 609 g/mol. The van der Waals surface area contributed by atoms with Crippen LogP contribution in [0.2, 0.25) is 0 Å². The highest BCUT2D eigenvalue weighted by atomic mass is 16.5. The van der Waals surface area contributed by atoms with Gasteiger partial charge in [0, 0.05) is 23.5 Å². The van der Waals surface area contributed by atoms with E-state index in [1.54, 1.807) is 51.7 Å². The van der Waals surface area contributed by atoms with Crippen LogP contribution in [-0.4, -0.2) is 41.0 Å². The van der Waals surface area contributed by atoms with E-state index in [0.29, 0.717) is 69.4 Å². The molecule has 9 nitrogen and oxygen atoms in total. The minimum Gasteiger partial charge on any atom is -0.497 e. The highest BCUT2D eigenvalue weighted by Crippen LogP contribution is 2.47. The number of para-hydroxylation sites is 1. The van der Waals surface area contributed by atoms with Crippen molar-refractivity contribution in [3.8, 4) is 45.6 Å². The van der Waals surface area contributed by atoms with Gasteiger partial charge in [0.05, 0.1) is 52.4 Å². The average Bonchev–Trinajstić information content (AvgIpc) is 3.07. The summed E-state index contributed by atoms with van der Waals surface area (Å²) in [5.74, 6) is 2.27. The van der Waals surface area contributed by atoms with Gasteiger partial charge in [0.1, 0.15) is 23.3 Å². The maximum atomic E-state index is 13.9. The summed E-state index contributed by atoms with van der Waals surface area (Å²) in [7, 11) is 6.29. The zero-order valence-electron chi connectivity index (χ0n) is 25.4. The van der Waals surface area contributed by atoms with Gasteiger partial charge in [0.2, 0.25) is 5.43 Å². The van der Waals surface area contributed by atoms with E-state index in [1.807, 2.05) is 42.5 Å². The molecule has 0 bridgehead atoms. The van der Waals surface area contributed by atoms with Crippen LogP contribution in [0.1, 0.15) is 29.0 Å². The molecule has 2 heterocycles. The fraction of sp³-hybridized carbons (Fsp3) is 0.222. The number of carbonyl (C=O) groups is 1. The van der Waals surface area contributed by atoms with Gasteiger partial charge in [-0.25, -0.2) is 0 Å². The summed E-state index contributed by atoms with van der Waals surface area (Å²) in [5, 5.41) is 0.355. The van der Waals surface area contributed by atoms with Crippen LogP contribution in [0.4, 0.5) is 0 Å². The molecule has 9 heteroatoms. The fourth-order valence-corrected chi connectivity index (χ4v) is 5.71. The van der Waals surface area contributed by atoms with E-state index in [2.05, 4.69) is 0 Å². The molecule has 1 aliphatic heterocycles. The molecule has 0 saturated heterocycles. The summed E-state index contributed by atoms with van der Waals surface area (Å²) in [6.45, 7) is 0.364. The lowest BCUT2D eigenvalue weighted by molar-refractivity contribution is -0.135. The summed E-state index contributed by atoms with van der Waals surface area (Å²) in [5.41, 5.74) is 3.48. The first-order valence-corrected chi connectivity index (χ1v) is 14.4. The van der Waals surface area contributed by atoms with Crippen LogP contribution >= 0.6 is 0 Å². The van der Waals surface area contributed by atoms with Gasteiger partial charge in [-0.15, -0.1) is 0 Å². The highest BCUT2D eigenvalue weighted by Gasteiger charge is 2.34. The molecule has 1 aromatic heterocycles. The summed E-state index contributed by atoms with van der Waals surface area (Å²) in [6, 6.07) is 21.8. The van der Waals surface area contributed by atoms with E-state index in [1.165, 1.54) is 13.4 Å². The van der Waals surface area contributed by atoms with Gasteiger partial charge >= 0.3 is 5.97 Å². The fourth-order valence-electron chi connectivity index (χ4n) is 5.71. The van der Waals surface area contributed by atoms with Gasteiger partial charge in [-0.05, 0) is 53.6 Å². The number of benzene rings is 4. The molecule has 0 fully saturated rings. The van der Waals surface area contributed by atoms with Gasteiger partial charge in [-0.2, -0.15) is 0 Å². The van der Waals surface area contributed by atoms with Crippen molar-refractivity contribution >= 4 is 16.9 Å². The van der Waals surface area contributed by atoms with Crippen molar-refractivity contribution in [2.45, 2.75) is 18.8 Å². The standard InChI is InChI=1S/C36H32O9/c1-39-23-11-8-21(9-12-23)16-17-43-35-24(6-5-7-30(35)41-3)26-19-32(37)45-29-15-13-25-34(38)27(20-44-36(25)33(26)29)22-10-14-28(40-2)31(18-22)42-4/h5-15,18,20,26H,16-17,19H2,1-4H3.